The first-order chi connectivity index (χ1) is 13.8. The minimum absolute atomic E-state index is 0. The van der Waals surface area contributed by atoms with Crippen molar-refractivity contribution in [3.8, 4) is 0 Å². The average Bonchev–Trinajstić information content (AvgIpc) is 2.74. The number of ether oxygens (including phenoxy) is 1. The smallest absolute Gasteiger partial charge is 0.191 e. The van der Waals surface area contributed by atoms with E-state index in [0.29, 0.717) is 0 Å². The molecule has 1 unspecified atom stereocenters. The van der Waals surface area contributed by atoms with Crippen molar-refractivity contribution in [2.75, 3.05) is 46.4 Å². The van der Waals surface area contributed by atoms with Crippen LogP contribution in [0.25, 0.3) is 0 Å². The number of rotatable bonds is 7. The van der Waals surface area contributed by atoms with Crippen LogP contribution in [0, 0.1) is 6.92 Å². The Morgan fingerprint density at radius 1 is 1.17 bits per heavy atom. The first-order valence-electron chi connectivity index (χ1n) is 9.99. The summed E-state index contributed by atoms with van der Waals surface area (Å²) in [5.74, 6) is 0.821. The number of aromatic nitrogens is 1. The molecule has 0 bridgehead atoms. The number of hydrogen-bond acceptors (Lipinski definition) is 4. The molecule has 1 atom stereocenters. The Morgan fingerprint density at radius 3 is 2.69 bits per heavy atom. The lowest BCUT2D eigenvalue weighted by Gasteiger charge is -2.35. The summed E-state index contributed by atoms with van der Waals surface area (Å²) in [6, 6.07) is 15.1. The topological polar surface area (TPSA) is 61.8 Å². The fraction of sp³-hybridized carbons (Fsp3) is 0.455. The lowest BCUT2D eigenvalue weighted by atomic mass is 10.0. The number of nitrogens with one attached hydrogen (secondary N) is 2. The molecular weight excluding hydrogens is 477 g/mol. The highest BCUT2D eigenvalue weighted by atomic mass is 127. The van der Waals surface area contributed by atoms with E-state index in [1.54, 1.807) is 0 Å². The van der Waals surface area contributed by atoms with Gasteiger partial charge in [-0.2, -0.15) is 0 Å². The van der Waals surface area contributed by atoms with E-state index in [4.69, 9.17) is 4.74 Å². The van der Waals surface area contributed by atoms with Gasteiger partial charge in [0.1, 0.15) is 0 Å². The SMILES string of the molecule is CN=C(NCCc1ccccn1)NCC(c1cccc(C)c1)N1CCOCC1.I. The van der Waals surface area contributed by atoms with Crippen molar-refractivity contribution < 1.29 is 4.74 Å². The fourth-order valence-corrected chi connectivity index (χ4v) is 3.49. The van der Waals surface area contributed by atoms with E-state index in [0.717, 1.165) is 57.5 Å². The molecule has 29 heavy (non-hydrogen) atoms. The highest BCUT2D eigenvalue weighted by Gasteiger charge is 2.23. The van der Waals surface area contributed by atoms with Gasteiger partial charge in [-0.1, -0.05) is 35.9 Å². The summed E-state index contributed by atoms with van der Waals surface area (Å²) in [6.45, 7) is 7.22. The molecule has 1 aliphatic heterocycles. The molecule has 0 spiro atoms. The number of morpholine rings is 1. The lowest BCUT2D eigenvalue weighted by Crippen LogP contribution is -2.46. The maximum absolute atomic E-state index is 5.55. The lowest BCUT2D eigenvalue weighted by molar-refractivity contribution is 0.0170. The third-order valence-corrected chi connectivity index (χ3v) is 5.00. The fourth-order valence-electron chi connectivity index (χ4n) is 3.49. The number of nitrogens with zero attached hydrogens (tertiary/aromatic N) is 3. The number of guanidine groups is 1. The molecule has 2 N–H and O–H groups in total. The van der Waals surface area contributed by atoms with E-state index in [9.17, 15) is 0 Å². The van der Waals surface area contributed by atoms with Gasteiger partial charge in [-0.15, -0.1) is 24.0 Å². The zero-order chi connectivity index (χ0) is 19.6. The molecule has 0 aliphatic carbocycles. The highest BCUT2D eigenvalue weighted by Crippen LogP contribution is 2.22. The molecule has 3 rings (SSSR count). The Bertz CT molecular complexity index is 750. The van der Waals surface area contributed by atoms with Gasteiger partial charge in [-0.3, -0.25) is 14.9 Å². The zero-order valence-electron chi connectivity index (χ0n) is 17.3. The Morgan fingerprint density at radius 2 is 2.00 bits per heavy atom. The Kier molecular flexibility index (Phi) is 10.4. The van der Waals surface area contributed by atoms with Gasteiger partial charge in [0.05, 0.1) is 19.3 Å². The maximum Gasteiger partial charge on any atom is 0.191 e. The molecule has 1 fully saturated rings. The van der Waals surface area contributed by atoms with Gasteiger partial charge in [-0.05, 0) is 24.6 Å². The molecule has 6 nitrogen and oxygen atoms in total. The molecule has 0 amide bonds. The second-order valence-electron chi connectivity index (χ2n) is 7.03. The van der Waals surface area contributed by atoms with Crippen LogP contribution in [0.15, 0.2) is 53.7 Å². The summed E-state index contributed by atoms with van der Waals surface area (Å²) in [5, 5.41) is 6.90. The van der Waals surface area contributed by atoms with Crippen molar-refractivity contribution in [3.63, 3.8) is 0 Å². The van der Waals surface area contributed by atoms with Crippen molar-refractivity contribution in [2.45, 2.75) is 19.4 Å². The van der Waals surface area contributed by atoms with Crippen LogP contribution < -0.4 is 10.6 Å². The average molecular weight is 509 g/mol. The first-order valence-corrected chi connectivity index (χ1v) is 9.99. The number of benzene rings is 1. The van der Waals surface area contributed by atoms with E-state index in [2.05, 4.69) is 56.7 Å². The van der Waals surface area contributed by atoms with Gasteiger partial charge < -0.3 is 15.4 Å². The Labute approximate surface area is 191 Å². The summed E-state index contributed by atoms with van der Waals surface area (Å²) in [6.07, 6.45) is 2.70. The monoisotopic (exact) mass is 509 g/mol. The first kappa shape index (κ1) is 23.6. The third-order valence-electron chi connectivity index (χ3n) is 5.00. The second-order valence-corrected chi connectivity index (χ2v) is 7.03. The van der Waals surface area contributed by atoms with E-state index in [-0.39, 0.29) is 30.0 Å². The van der Waals surface area contributed by atoms with Crippen molar-refractivity contribution in [1.82, 2.24) is 20.5 Å². The van der Waals surface area contributed by atoms with Crippen molar-refractivity contribution in [3.05, 3.63) is 65.5 Å². The predicted molar refractivity (Wildman–Crippen MR) is 129 cm³/mol. The predicted octanol–water partition coefficient (Wildman–Crippen LogP) is 2.79. The summed E-state index contributed by atoms with van der Waals surface area (Å²) in [7, 11) is 1.81. The quantitative estimate of drug-likeness (QED) is 0.342. The minimum atomic E-state index is 0. The highest BCUT2D eigenvalue weighted by molar-refractivity contribution is 14.0. The number of halogens is 1. The molecule has 2 aromatic rings. The van der Waals surface area contributed by atoms with Gasteiger partial charge in [0.15, 0.2) is 5.96 Å². The molecule has 1 saturated heterocycles. The number of hydrogen-bond donors (Lipinski definition) is 2. The molecule has 0 saturated carbocycles. The van der Waals surface area contributed by atoms with Crippen LogP contribution in [0.2, 0.25) is 0 Å². The van der Waals surface area contributed by atoms with Gasteiger partial charge in [0.25, 0.3) is 0 Å². The summed E-state index contributed by atoms with van der Waals surface area (Å²) in [5.41, 5.74) is 3.70. The van der Waals surface area contributed by atoms with Crippen LogP contribution >= 0.6 is 24.0 Å². The third kappa shape index (κ3) is 7.56. The normalized spacial score (nSPS) is 16.0. The van der Waals surface area contributed by atoms with E-state index >= 15 is 0 Å². The van der Waals surface area contributed by atoms with Crippen LogP contribution in [0.5, 0.6) is 0 Å². The van der Waals surface area contributed by atoms with Gasteiger partial charge >= 0.3 is 0 Å². The van der Waals surface area contributed by atoms with Gasteiger partial charge in [0.2, 0.25) is 0 Å². The number of aryl methyl sites for hydroxylation is 1. The van der Waals surface area contributed by atoms with E-state index in [1.165, 1.54) is 11.1 Å². The largest absolute Gasteiger partial charge is 0.379 e. The van der Waals surface area contributed by atoms with Crippen LogP contribution in [0.4, 0.5) is 0 Å². The van der Waals surface area contributed by atoms with Crippen molar-refractivity contribution >= 4 is 29.9 Å². The van der Waals surface area contributed by atoms with Crippen molar-refractivity contribution in [2.24, 2.45) is 4.99 Å². The van der Waals surface area contributed by atoms with Gasteiger partial charge in [0, 0.05) is 51.5 Å². The van der Waals surface area contributed by atoms with Crippen molar-refractivity contribution in [1.29, 1.82) is 0 Å². The van der Waals surface area contributed by atoms with Crippen LogP contribution in [-0.4, -0.2) is 62.3 Å². The van der Waals surface area contributed by atoms with Crippen LogP contribution in [0.1, 0.15) is 22.9 Å². The molecule has 1 aromatic heterocycles. The molecular formula is C22H32IN5O. The Balaban J connectivity index is 0.00000300. The summed E-state index contributed by atoms with van der Waals surface area (Å²) in [4.78, 5) is 11.2. The zero-order valence-corrected chi connectivity index (χ0v) is 19.6. The number of aliphatic imine (C=N–C) groups is 1. The molecule has 1 aliphatic rings. The van der Waals surface area contributed by atoms with E-state index in [1.807, 2.05) is 31.4 Å². The number of pyridine rings is 1. The maximum atomic E-state index is 5.55. The minimum Gasteiger partial charge on any atom is -0.379 e. The molecule has 1 aromatic carbocycles. The summed E-state index contributed by atoms with van der Waals surface area (Å²) < 4.78 is 5.55. The standard InChI is InChI=1S/C22H31N5O.HI/c1-18-6-5-7-19(16-18)21(27-12-14-28-15-13-27)17-26-22(23-2)25-11-9-20-8-3-4-10-24-20;/h3-8,10,16,21H,9,11-15,17H2,1-2H3,(H2,23,25,26);1H. The molecule has 158 valence electrons. The molecule has 0 radical (unpaired) electrons. The summed E-state index contributed by atoms with van der Waals surface area (Å²) >= 11 is 0. The molecule has 7 heteroatoms. The van der Waals surface area contributed by atoms with E-state index < -0.39 is 0 Å². The van der Waals surface area contributed by atoms with Crippen LogP contribution in [0.3, 0.4) is 0 Å². The van der Waals surface area contributed by atoms with Gasteiger partial charge in [-0.25, -0.2) is 0 Å². The Hall–Kier alpha value is -1.71. The molecule has 2 heterocycles. The second kappa shape index (κ2) is 12.8. The van der Waals surface area contributed by atoms with Crippen LogP contribution in [-0.2, 0) is 11.2 Å².